The van der Waals surface area contributed by atoms with E-state index >= 15 is 0 Å². The minimum absolute atomic E-state index is 0.119. The number of aromatic amines is 1. The summed E-state index contributed by atoms with van der Waals surface area (Å²) in [5.41, 5.74) is 4.20. The van der Waals surface area contributed by atoms with Gasteiger partial charge in [0, 0.05) is 23.9 Å². The van der Waals surface area contributed by atoms with Gasteiger partial charge in [0.2, 0.25) is 0 Å². The number of nitrogens with one attached hydrogen (secondary N) is 1. The molecule has 1 N–H and O–H groups in total. The summed E-state index contributed by atoms with van der Waals surface area (Å²) < 4.78 is 17.4. The second kappa shape index (κ2) is 6.60. The van der Waals surface area contributed by atoms with Crippen molar-refractivity contribution in [2.45, 2.75) is 20.5 Å². The summed E-state index contributed by atoms with van der Waals surface area (Å²) in [6.07, 6.45) is 0. The predicted octanol–water partition coefficient (Wildman–Crippen LogP) is 2.47. The average Bonchev–Trinajstić information content (AvgIpc) is 2.97. The Morgan fingerprint density at radius 2 is 1.84 bits per heavy atom. The zero-order valence-corrected chi connectivity index (χ0v) is 15.0. The Balaban J connectivity index is 2.34. The minimum Gasteiger partial charge on any atom is -0.493 e. The van der Waals surface area contributed by atoms with Crippen molar-refractivity contribution in [3.8, 4) is 22.6 Å². The molecular weight excluding hydrogens is 322 g/mol. The number of hydrogen-bond donors (Lipinski definition) is 1. The molecule has 2 heterocycles. The maximum atomic E-state index is 12.6. The quantitative estimate of drug-likeness (QED) is 0.770. The molecule has 0 aliphatic carbocycles. The Morgan fingerprint density at radius 3 is 2.48 bits per heavy atom. The maximum absolute atomic E-state index is 12.6. The summed E-state index contributed by atoms with van der Waals surface area (Å²) in [5.74, 6) is 1.24. The molecule has 0 bridgehead atoms. The Morgan fingerprint density at radius 1 is 1.12 bits per heavy atom. The number of aryl methyl sites for hydroxylation is 1. The highest BCUT2D eigenvalue weighted by Crippen LogP contribution is 2.35. The van der Waals surface area contributed by atoms with E-state index in [0.717, 1.165) is 16.8 Å². The molecule has 0 spiro atoms. The van der Waals surface area contributed by atoms with Gasteiger partial charge in [-0.05, 0) is 31.5 Å². The number of H-pyrrole nitrogens is 1. The molecule has 0 radical (unpaired) electrons. The number of nitrogens with zero attached hydrogens (tertiary/aromatic N) is 2. The van der Waals surface area contributed by atoms with Crippen LogP contribution in [0.3, 0.4) is 0 Å². The summed E-state index contributed by atoms with van der Waals surface area (Å²) in [7, 11) is 4.78. The third-order valence-electron chi connectivity index (χ3n) is 4.29. The Bertz CT molecular complexity index is 988. The molecule has 0 unspecified atom stereocenters. The van der Waals surface area contributed by atoms with Gasteiger partial charge in [0.25, 0.3) is 5.56 Å². The molecule has 0 saturated carbocycles. The van der Waals surface area contributed by atoms with Crippen LogP contribution in [0.15, 0.2) is 23.0 Å². The van der Waals surface area contributed by atoms with Gasteiger partial charge >= 0.3 is 0 Å². The van der Waals surface area contributed by atoms with Crippen LogP contribution in [-0.4, -0.2) is 35.9 Å². The topological polar surface area (TPSA) is 77.9 Å². The largest absolute Gasteiger partial charge is 0.493 e. The number of aromatic nitrogens is 3. The van der Waals surface area contributed by atoms with Crippen LogP contribution in [0.1, 0.15) is 17.0 Å². The average molecular weight is 343 g/mol. The molecule has 2 aromatic heterocycles. The molecule has 3 aromatic rings. The molecule has 1 aromatic carbocycles. The summed E-state index contributed by atoms with van der Waals surface area (Å²) in [5, 5.41) is 3.11. The minimum atomic E-state index is -0.119. The number of rotatable bonds is 5. The molecule has 0 saturated heterocycles. The van der Waals surface area contributed by atoms with Crippen molar-refractivity contribution in [1.29, 1.82) is 0 Å². The molecule has 7 heteroatoms. The van der Waals surface area contributed by atoms with Gasteiger partial charge in [-0.3, -0.25) is 9.89 Å². The van der Waals surface area contributed by atoms with Crippen LogP contribution in [0.5, 0.6) is 11.5 Å². The van der Waals surface area contributed by atoms with E-state index in [-0.39, 0.29) is 5.56 Å². The standard InChI is InChI=1S/C18H21N3O4/c1-10-11(2)19-17-16(13(9-23-3)20-21(17)18(10)22)12-6-7-14(24-4)15(8-12)25-5/h6-8,20H,9H2,1-5H3. The lowest BCUT2D eigenvalue weighted by Crippen LogP contribution is -2.19. The van der Waals surface area contributed by atoms with Crippen molar-refractivity contribution in [2.75, 3.05) is 21.3 Å². The highest BCUT2D eigenvalue weighted by Gasteiger charge is 2.19. The van der Waals surface area contributed by atoms with Gasteiger partial charge in [0.1, 0.15) is 0 Å². The van der Waals surface area contributed by atoms with Crippen molar-refractivity contribution in [2.24, 2.45) is 0 Å². The summed E-state index contributed by atoms with van der Waals surface area (Å²) in [4.78, 5) is 17.2. The van der Waals surface area contributed by atoms with E-state index in [2.05, 4.69) is 10.1 Å². The zero-order valence-electron chi connectivity index (χ0n) is 15.0. The van der Waals surface area contributed by atoms with E-state index in [1.807, 2.05) is 25.1 Å². The third kappa shape index (κ3) is 2.76. The van der Waals surface area contributed by atoms with Gasteiger partial charge in [-0.25, -0.2) is 9.50 Å². The van der Waals surface area contributed by atoms with Crippen LogP contribution in [-0.2, 0) is 11.3 Å². The lowest BCUT2D eigenvalue weighted by Gasteiger charge is -2.10. The molecular formula is C18H21N3O4. The molecule has 132 valence electrons. The van der Waals surface area contributed by atoms with Gasteiger partial charge in [0.15, 0.2) is 17.1 Å². The van der Waals surface area contributed by atoms with Gasteiger partial charge in [-0.15, -0.1) is 0 Å². The molecule has 0 aliphatic rings. The molecule has 3 rings (SSSR count). The predicted molar refractivity (Wildman–Crippen MR) is 94.5 cm³/mol. The molecule has 0 fully saturated rings. The highest BCUT2D eigenvalue weighted by molar-refractivity contribution is 5.81. The van der Waals surface area contributed by atoms with Crippen LogP contribution in [0, 0.1) is 13.8 Å². The second-order valence-corrected chi connectivity index (χ2v) is 5.75. The summed E-state index contributed by atoms with van der Waals surface area (Å²) in [6.45, 7) is 3.92. The van der Waals surface area contributed by atoms with E-state index in [4.69, 9.17) is 14.2 Å². The summed E-state index contributed by atoms with van der Waals surface area (Å²) >= 11 is 0. The molecule has 0 aliphatic heterocycles. The number of fused-ring (bicyclic) bond motifs is 1. The highest BCUT2D eigenvalue weighted by atomic mass is 16.5. The van der Waals surface area contributed by atoms with Crippen LogP contribution >= 0.6 is 0 Å². The van der Waals surface area contributed by atoms with Crippen LogP contribution in [0.25, 0.3) is 16.8 Å². The van der Waals surface area contributed by atoms with Crippen molar-refractivity contribution in [3.63, 3.8) is 0 Å². The first-order valence-corrected chi connectivity index (χ1v) is 7.84. The van der Waals surface area contributed by atoms with Crippen LogP contribution in [0.2, 0.25) is 0 Å². The van der Waals surface area contributed by atoms with Crippen LogP contribution in [0.4, 0.5) is 0 Å². The molecule has 0 atom stereocenters. The fraction of sp³-hybridized carbons (Fsp3) is 0.333. The second-order valence-electron chi connectivity index (χ2n) is 5.75. The fourth-order valence-corrected chi connectivity index (χ4v) is 2.85. The van der Waals surface area contributed by atoms with Gasteiger partial charge in [-0.2, -0.15) is 0 Å². The monoisotopic (exact) mass is 343 g/mol. The smallest absolute Gasteiger partial charge is 0.275 e. The van der Waals surface area contributed by atoms with E-state index < -0.39 is 0 Å². The van der Waals surface area contributed by atoms with E-state index in [0.29, 0.717) is 35.0 Å². The van der Waals surface area contributed by atoms with Crippen molar-refractivity contribution >= 4 is 5.65 Å². The van der Waals surface area contributed by atoms with E-state index in [1.54, 1.807) is 28.3 Å². The molecule has 25 heavy (non-hydrogen) atoms. The van der Waals surface area contributed by atoms with E-state index in [9.17, 15) is 4.79 Å². The molecule has 7 nitrogen and oxygen atoms in total. The maximum Gasteiger partial charge on any atom is 0.275 e. The first-order chi connectivity index (χ1) is 12.0. The van der Waals surface area contributed by atoms with Crippen molar-refractivity contribution in [1.82, 2.24) is 14.6 Å². The number of methoxy groups -OCH3 is 3. The zero-order chi connectivity index (χ0) is 18.1. The van der Waals surface area contributed by atoms with Gasteiger partial charge in [-0.1, -0.05) is 6.07 Å². The Kier molecular flexibility index (Phi) is 4.50. The number of benzene rings is 1. The van der Waals surface area contributed by atoms with Gasteiger partial charge in [0.05, 0.1) is 26.5 Å². The number of ether oxygens (including phenoxy) is 3. The lowest BCUT2D eigenvalue weighted by atomic mass is 10.0. The lowest BCUT2D eigenvalue weighted by molar-refractivity contribution is 0.181. The van der Waals surface area contributed by atoms with Gasteiger partial charge < -0.3 is 14.2 Å². The first-order valence-electron chi connectivity index (χ1n) is 7.84. The van der Waals surface area contributed by atoms with Crippen LogP contribution < -0.4 is 15.0 Å². The Hall–Kier alpha value is -2.80. The first kappa shape index (κ1) is 17.0. The van der Waals surface area contributed by atoms with Crippen molar-refractivity contribution in [3.05, 3.63) is 45.5 Å². The third-order valence-corrected chi connectivity index (χ3v) is 4.29. The Labute approximate surface area is 145 Å². The number of hydrogen-bond acceptors (Lipinski definition) is 5. The summed E-state index contributed by atoms with van der Waals surface area (Å²) in [6, 6.07) is 5.60. The van der Waals surface area contributed by atoms with Crippen molar-refractivity contribution < 1.29 is 14.2 Å². The fourth-order valence-electron chi connectivity index (χ4n) is 2.85. The SMILES string of the molecule is COCc1[nH]n2c(=O)c(C)c(C)nc2c1-c1ccc(OC)c(OC)c1. The molecule has 0 amide bonds. The normalized spacial score (nSPS) is 11.1. The van der Waals surface area contributed by atoms with E-state index in [1.165, 1.54) is 4.52 Å².